The average molecular weight is 358 g/mol. The van der Waals surface area contributed by atoms with E-state index in [2.05, 4.69) is 26.0 Å². The Labute approximate surface area is 160 Å². The minimum Gasteiger partial charge on any atom is -0.388 e. The van der Waals surface area contributed by atoms with Crippen molar-refractivity contribution in [2.45, 2.75) is 44.9 Å². The van der Waals surface area contributed by atoms with Gasteiger partial charge in [0.2, 0.25) is 0 Å². The van der Waals surface area contributed by atoms with E-state index in [0.29, 0.717) is 23.3 Å². The van der Waals surface area contributed by atoms with Crippen LogP contribution in [0, 0.1) is 23.0 Å². The van der Waals surface area contributed by atoms with Gasteiger partial charge in [0.15, 0.2) is 0 Å². The lowest BCUT2D eigenvalue weighted by Gasteiger charge is -2.23. The van der Waals surface area contributed by atoms with Crippen molar-refractivity contribution < 1.29 is 9.47 Å². The molecule has 0 amide bonds. The lowest BCUT2D eigenvalue weighted by Crippen LogP contribution is -2.05. The van der Waals surface area contributed by atoms with Gasteiger partial charge in [-0.25, -0.2) is 0 Å². The van der Waals surface area contributed by atoms with Crippen molar-refractivity contribution in [3.05, 3.63) is 65.2 Å². The molecule has 4 heteroatoms. The Hall–Kier alpha value is -3.24. The highest BCUT2D eigenvalue weighted by Crippen LogP contribution is 2.38. The van der Waals surface area contributed by atoms with Crippen LogP contribution in [0.15, 0.2) is 48.5 Å². The first kappa shape index (κ1) is 18.5. The zero-order valence-corrected chi connectivity index (χ0v) is 15.6. The van der Waals surface area contributed by atoms with Crippen molar-refractivity contribution in [1.29, 1.82) is 10.5 Å². The van der Waals surface area contributed by atoms with E-state index in [1.165, 1.54) is 16.7 Å². The summed E-state index contributed by atoms with van der Waals surface area (Å²) in [6.45, 7) is 4.21. The quantitative estimate of drug-likeness (QED) is 0.626. The number of nitriles is 2. The minimum absolute atomic E-state index is 0.291. The number of allylic oxidation sites excluding steroid dienone is 2. The number of nitrogens with zero attached hydrogens (tertiary/aromatic N) is 2. The van der Waals surface area contributed by atoms with Crippen LogP contribution in [0.25, 0.3) is 5.57 Å². The van der Waals surface area contributed by atoms with Gasteiger partial charge in [0.05, 0.1) is 0 Å². The van der Waals surface area contributed by atoms with Gasteiger partial charge in [-0.3, -0.25) is 0 Å². The molecule has 1 aliphatic rings. The van der Waals surface area contributed by atoms with Crippen LogP contribution in [0.1, 0.15) is 61.6 Å². The summed E-state index contributed by atoms with van der Waals surface area (Å²) in [6.07, 6.45) is 8.86. The molecule has 0 saturated heterocycles. The number of ether oxygens (including phenoxy) is 2. The molecule has 27 heavy (non-hydrogen) atoms. The zero-order valence-electron chi connectivity index (χ0n) is 15.6. The Morgan fingerprint density at radius 2 is 1.74 bits per heavy atom. The maximum absolute atomic E-state index is 8.82. The predicted octanol–water partition coefficient (Wildman–Crippen LogP) is 5.88. The van der Waals surface area contributed by atoms with Gasteiger partial charge in [-0.1, -0.05) is 38.1 Å². The zero-order chi connectivity index (χ0) is 19.2. The molecule has 3 rings (SSSR count). The highest BCUT2D eigenvalue weighted by Gasteiger charge is 2.19. The van der Waals surface area contributed by atoms with Crippen LogP contribution in [0.3, 0.4) is 0 Å². The molecular formula is C23H22N2O2. The molecule has 0 fully saturated rings. The second-order valence-electron chi connectivity index (χ2n) is 7.06. The topological polar surface area (TPSA) is 66.0 Å². The Bertz CT molecular complexity index is 915. The number of hydrogen-bond acceptors (Lipinski definition) is 4. The molecule has 1 aliphatic carbocycles. The van der Waals surface area contributed by atoms with Crippen molar-refractivity contribution >= 4 is 5.57 Å². The Morgan fingerprint density at radius 1 is 1.00 bits per heavy atom. The van der Waals surface area contributed by atoms with Gasteiger partial charge >= 0.3 is 0 Å². The van der Waals surface area contributed by atoms with Gasteiger partial charge in [-0.2, -0.15) is 0 Å². The van der Waals surface area contributed by atoms with Crippen LogP contribution >= 0.6 is 0 Å². The first-order valence-corrected chi connectivity index (χ1v) is 9.17. The fourth-order valence-electron chi connectivity index (χ4n) is 3.60. The second kappa shape index (κ2) is 8.43. The highest BCUT2D eigenvalue weighted by molar-refractivity contribution is 5.68. The van der Waals surface area contributed by atoms with Crippen LogP contribution in [0.5, 0.6) is 11.5 Å². The monoisotopic (exact) mass is 358 g/mol. The molecule has 0 aliphatic heterocycles. The maximum Gasteiger partial charge on any atom is 0.292 e. The standard InChI is InChI=1S/C23H22N2O2/c1-16(2)22-13-20(9-12-23(22)27-15-25)19-5-3-17(4-6-19)18-7-10-21(11-8-18)26-14-24/h5,7-13,16-17H,3-4,6H2,1-2H3. The summed E-state index contributed by atoms with van der Waals surface area (Å²) in [5.74, 6) is 1.99. The van der Waals surface area contributed by atoms with E-state index in [1.807, 2.05) is 36.4 Å². The first-order chi connectivity index (χ1) is 13.1. The molecule has 0 N–H and O–H groups in total. The van der Waals surface area contributed by atoms with Gasteiger partial charge in [-0.05, 0) is 77.6 Å². The fraction of sp³-hybridized carbons (Fsp3) is 0.304. The lowest BCUT2D eigenvalue weighted by atomic mass is 9.82. The van der Waals surface area contributed by atoms with E-state index in [-0.39, 0.29) is 0 Å². The summed E-state index contributed by atoms with van der Waals surface area (Å²) in [5.41, 5.74) is 4.89. The van der Waals surface area contributed by atoms with E-state index in [4.69, 9.17) is 20.0 Å². The van der Waals surface area contributed by atoms with Crippen LogP contribution in [0.2, 0.25) is 0 Å². The van der Waals surface area contributed by atoms with Gasteiger partial charge in [0.1, 0.15) is 11.5 Å². The minimum atomic E-state index is 0.291. The van der Waals surface area contributed by atoms with E-state index >= 15 is 0 Å². The van der Waals surface area contributed by atoms with Crippen LogP contribution in [-0.4, -0.2) is 0 Å². The van der Waals surface area contributed by atoms with E-state index < -0.39 is 0 Å². The highest BCUT2D eigenvalue weighted by atomic mass is 16.5. The summed E-state index contributed by atoms with van der Waals surface area (Å²) >= 11 is 0. The molecular weight excluding hydrogens is 336 g/mol. The van der Waals surface area contributed by atoms with Gasteiger partial charge in [0, 0.05) is 0 Å². The van der Waals surface area contributed by atoms with Crippen molar-refractivity contribution in [3.8, 4) is 24.0 Å². The van der Waals surface area contributed by atoms with E-state index in [9.17, 15) is 0 Å². The summed E-state index contributed by atoms with van der Waals surface area (Å²) in [7, 11) is 0. The molecule has 2 aromatic carbocycles. The van der Waals surface area contributed by atoms with Crippen molar-refractivity contribution in [3.63, 3.8) is 0 Å². The van der Waals surface area contributed by atoms with Crippen LogP contribution in [-0.2, 0) is 0 Å². The number of benzene rings is 2. The number of rotatable bonds is 5. The summed E-state index contributed by atoms with van der Waals surface area (Å²) < 4.78 is 9.94. The smallest absolute Gasteiger partial charge is 0.292 e. The van der Waals surface area contributed by atoms with Crippen LogP contribution in [0.4, 0.5) is 0 Å². The largest absolute Gasteiger partial charge is 0.388 e. The number of hydrogen-bond donors (Lipinski definition) is 0. The fourth-order valence-corrected chi connectivity index (χ4v) is 3.60. The molecule has 0 aromatic heterocycles. The van der Waals surface area contributed by atoms with Gasteiger partial charge in [0.25, 0.3) is 12.5 Å². The molecule has 1 atom stereocenters. The van der Waals surface area contributed by atoms with E-state index in [0.717, 1.165) is 24.8 Å². The summed E-state index contributed by atoms with van der Waals surface area (Å²) in [6, 6.07) is 13.9. The Kier molecular flexibility index (Phi) is 5.79. The molecule has 0 spiro atoms. The molecule has 0 bridgehead atoms. The van der Waals surface area contributed by atoms with Crippen molar-refractivity contribution in [2.24, 2.45) is 0 Å². The molecule has 4 nitrogen and oxygen atoms in total. The predicted molar refractivity (Wildman–Crippen MR) is 104 cm³/mol. The lowest BCUT2D eigenvalue weighted by molar-refractivity contribution is 0.496. The normalized spacial score (nSPS) is 16.2. The molecule has 2 aromatic rings. The Balaban J connectivity index is 1.76. The molecule has 136 valence electrons. The average Bonchev–Trinajstić information content (AvgIpc) is 2.69. The maximum atomic E-state index is 8.82. The first-order valence-electron chi connectivity index (χ1n) is 9.17. The molecule has 0 saturated carbocycles. The van der Waals surface area contributed by atoms with Gasteiger partial charge < -0.3 is 9.47 Å². The second-order valence-corrected chi connectivity index (χ2v) is 7.06. The Morgan fingerprint density at radius 3 is 2.33 bits per heavy atom. The van der Waals surface area contributed by atoms with Crippen molar-refractivity contribution in [2.75, 3.05) is 0 Å². The third-order valence-corrected chi connectivity index (χ3v) is 5.08. The third-order valence-electron chi connectivity index (χ3n) is 5.08. The SMILES string of the molecule is CC(C)c1cc(C2=CCC(c3ccc(OC#N)cc3)CC2)ccc1OC#N. The molecule has 1 unspecified atom stereocenters. The van der Waals surface area contributed by atoms with Gasteiger partial charge in [-0.15, -0.1) is 10.5 Å². The molecule has 0 radical (unpaired) electrons. The summed E-state index contributed by atoms with van der Waals surface area (Å²) in [5, 5.41) is 17.4. The van der Waals surface area contributed by atoms with Crippen LogP contribution < -0.4 is 9.47 Å². The molecule has 0 heterocycles. The van der Waals surface area contributed by atoms with Crippen molar-refractivity contribution in [1.82, 2.24) is 0 Å². The third kappa shape index (κ3) is 4.30. The summed E-state index contributed by atoms with van der Waals surface area (Å²) in [4.78, 5) is 0. The van der Waals surface area contributed by atoms with E-state index in [1.54, 1.807) is 12.5 Å².